The van der Waals surface area contributed by atoms with E-state index in [0.717, 1.165) is 57.0 Å². The number of nitrogens with one attached hydrogen (secondary N) is 2. The summed E-state index contributed by atoms with van der Waals surface area (Å²) in [5.74, 6) is 0.967. The van der Waals surface area contributed by atoms with E-state index in [4.69, 9.17) is 0 Å². The summed E-state index contributed by atoms with van der Waals surface area (Å²) in [6.07, 6.45) is 5.70. The minimum absolute atomic E-state index is 0.0740. The van der Waals surface area contributed by atoms with Crippen LogP contribution in [0, 0.1) is 5.92 Å². The number of carbonyl (C=O) groups excluding carboxylic acids is 2. The fraction of sp³-hybridized carbons (Fsp3) is 0.600. The molecule has 1 aromatic carbocycles. The predicted molar refractivity (Wildman–Crippen MR) is 101 cm³/mol. The van der Waals surface area contributed by atoms with Crippen LogP contribution in [0.1, 0.15) is 42.5 Å². The maximum absolute atomic E-state index is 12.9. The number of nitrogens with zero attached hydrogens (tertiary/aromatic N) is 2. The van der Waals surface area contributed by atoms with Crippen molar-refractivity contribution in [2.24, 2.45) is 5.92 Å². The van der Waals surface area contributed by atoms with Crippen LogP contribution in [0.5, 0.6) is 0 Å². The van der Waals surface area contributed by atoms with Crippen molar-refractivity contribution in [1.82, 2.24) is 15.5 Å². The largest absolute Gasteiger partial charge is 0.339 e. The summed E-state index contributed by atoms with van der Waals surface area (Å²) in [4.78, 5) is 28.6. The zero-order chi connectivity index (χ0) is 17.9. The first kappa shape index (κ1) is 17.3. The van der Waals surface area contributed by atoms with Gasteiger partial charge in [-0.1, -0.05) is 6.07 Å². The quantitative estimate of drug-likeness (QED) is 0.850. The third-order valence-electron chi connectivity index (χ3n) is 5.66. The highest BCUT2D eigenvalue weighted by molar-refractivity contribution is 5.98. The molecule has 0 spiro atoms. The Kier molecular flexibility index (Phi) is 5.11. The Morgan fingerprint density at radius 3 is 2.69 bits per heavy atom. The first-order chi connectivity index (χ1) is 12.7. The number of likely N-dealkylation sites (tertiary alicyclic amines) is 1. The number of piperidine rings is 1. The van der Waals surface area contributed by atoms with Gasteiger partial charge in [-0.3, -0.25) is 9.69 Å². The molecule has 3 aliphatic rings. The number of rotatable bonds is 5. The average Bonchev–Trinajstić information content (AvgIpc) is 3.51. The number of hydrogen-bond donors (Lipinski definition) is 2. The topological polar surface area (TPSA) is 64.7 Å². The Hall–Kier alpha value is -2.08. The van der Waals surface area contributed by atoms with E-state index in [1.165, 1.54) is 12.8 Å². The van der Waals surface area contributed by atoms with Gasteiger partial charge in [0.15, 0.2) is 0 Å². The minimum atomic E-state index is -0.0802. The SMILES string of the molecule is O=C(c1cccc(N2CCCNC2=O)c1)N1CCC(NCC2CC2)CC1. The molecule has 4 rings (SSSR count). The van der Waals surface area contributed by atoms with Crippen molar-refractivity contribution in [2.75, 3.05) is 37.6 Å². The highest BCUT2D eigenvalue weighted by Gasteiger charge is 2.27. The van der Waals surface area contributed by atoms with Gasteiger partial charge >= 0.3 is 6.03 Å². The Balaban J connectivity index is 1.35. The molecule has 26 heavy (non-hydrogen) atoms. The van der Waals surface area contributed by atoms with E-state index in [1.54, 1.807) is 4.90 Å². The summed E-state index contributed by atoms with van der Waals surface area (Å²) in [5, 5.41) is 6.51. The highest BCUT2D eigenvalue weighted by Crippen LogP contribution is 2.28. The van der Waals surface area contributed by atoms with E-state index in [2.05, 4.69) is 10.6 Å². The molecule has 1 saturated carbocycles. The summed E-state index contributed by atoms with van der Waals surface area (Å²) in [5.41, 5.74) is 1.47. The summed E-state index contributed by atoms with van der Waals surface area (Å²) < 4.78 is 0. The third-order valence-corrected chi connectivity index (χ3v) is 5.66. The Morgan fingerprint density at radius 2 is 1.96 bits per heavy atom. The molecule has 0 bridgehead atoms. The Morgan fingerprint density at radius 1 is 1.15 bits per heavy atom. The average molecular weight is 356 g/mol. The maximum Gasteiger partial charge on any atom is 0.321 e. The lowest BCUT2D eigenvalue weighted by molar-refractivity contribution is 0.0705. The number of anilines is 1. The molecule has 6 heteroatoms. The van der Waals surface area contributed by atoms with Gasteiger partial charge in [-0.15, -0.1) is 0 Å². The van der Waals surface area contributed by atoms with E-state index >= 15 is 0 Å². The molecule has 2 aliphatic heterocycles. The molecule has 140 valence electrons. The van der Waals surface area contributed by atoms with E-state index in [-0.39, 0.29) is 11.9 Å². The Labute approximate surface area is 154 Å². The molecule has 1 aliphatic carbocycles. The van der Waals surface area contributed by atoms with Gasteiger partial charge in [0, 0.05) is 43.5 Å². The van der Waals surface area contributed by atoms with Crippen molar-refractivity contribution in [2.45, 2.75) is 38.1 Å². The van der Waals surface area contributed by atoms with Crippen molar-refractivity contribution < 1.29 is 9.59 Å². The minimum Gasteiger partial charge on any atom is -0.339 e. The summed E-state index contributed by atoms with van der Waals surface area (Å²) >= 11 is 0. The fourth-order valence-electron chi connectivity index (χ4n) is 3.81. The normalized spacial score (nSPS) is 21.6. The maximum atomic E-state index is 12.9. The van der Waals surface area contributed by atoms with E-state index in [0.29, 0.717) is 18.2 Å². The monoisotopic (exact) mass is 356 g/mol. The van der Waals surface area contributed by atoms with E-state index in [1.807, 2.05) is 29.2 Å². The molecule has 3 amide bonds. The second-order valence-corrected chi connectivity index (χ2v) is 7.71. The highest BCUT2D eigenvalue weighted by atomic mass is 16.2. The van der Waals surface area contributed by atoms with Gasteiger partial charge in [-0.05, 0) is 62.8 Å². The molecule has 0 radical (unpaired) electrons. The summed E-state index contributed by atoms with van der Waals surface area (Å²) in [6.45, 7) is 4.16. The van der Waals surface area contributed by atoms with Gasteiger partial charge in [-0.25, -0.2) is 4.79 Å². The summed E-state index contributed by atoms with van der Waals surface area (Å²) in [6, 6.07) is 7.94. The van der Waals surface area contributed by atoms with Gasteiger partial charge in [0.1, 0.15) is 0 Å². The smallest absolute Gasteiger partial charge is 0.321 e. The second kappa shape index (κ2) is 7.66. The molecule has 6 nitrogen and oxygen atoms in total. The number of benzene rings is 1. The standard InChI is InChI=1S/C20H28N4O2/c25-19(23-11-7-17(8-12-23)22-14-15-5-6-15)16-3-1-4-18(13-16)24-10-2-9-21-20(24)26/h1,3-4,13,15,17,22H,2,5-12,14H2,(H,21,26). The first-order valence-electron chi connectivity index (χ1n) is 9.89. The van der Waals surface area contributed by atoms with Crippen LogP contribution in [0.2, 0.25) is 0 Å². The van der Waals surface area contributed by atoms with Crippen LogP contribution < -0.4 is 15.5 Å². The van der Waals surface area contributed by atoms with Crippen LogP contribution >= 0.6 is 0 Å². The van der Waals surface area contributed by atoms with Gasteiger partial charge in [0.05, 0.1) is 0 Å². The zero-order valence-electron chi connectivity index (χ0n) is 15.2. The van der Waals surface area contributed by atoms with Crippen LogP contribution in [-0.4, -0.2) is 55.6 Å². The van der Waals surface area contributed by atoms with Crippen LogP contribution in [0.25, 0.3) is 0 Å². The number of urea groups is 1. The molecular weight excluding hydrogens is 328 g/mol. The molecule has 0 atom stereocenters. The third kappa shape index (κ3) is 4.01. The molecule has 1 aromatic rings. The van der Waals surface area contributed by atoms with Crippen molar-refractivity contribution in [3.05, 3.63) is 29.8 Å². The lowest BCUT2D eigenvalue weighted by atomic mass is 10.0. The van der Waals surface area contributed by atoms with Crippen molar-refractivity contribution >= 4 is 17.6 Å². The van der Waals surface area contributed by atoms with Crippen LogP contribution in [0.4, 0.5) is 10.5 Å². The van der Waals surface area contributed by atoms with E-state index < -0.39 is 0 Å². The Bertz CT molecular complexity index is 666. The van der Waals surface area contributed by atoms with Gasteiger partial charge in [0.2, 0.25) is 0 Å². The molecule has 2 N–H and O–H groups in total. The number of carbonyl (C=O) groups is 2. The zero-order valence-corrected chi connectivity index (χ0v) is 15.2. The molecule has 3 fully saturated rings. The van der Waals surface area contributed by atoms with Gasteiger partial charge < -0.3 is 15.5 Å². The lowest BCUT2D eigenvalue weighted by Gasteiger charge is -2.33. The molecule has 2 heterocycles. The van der Waals surface area contributed by atoms with Crippen molar-refractivity contribution in [3.8, 4) is 0 Å². The predicted octanol–water partition coefficient (Wildman–Crippen LogP) is 2.21. The van der Waals surface area contributed by atoms with Crippen LogP contribution in [0.3, 0.4) is 0 Å². The van der Waals surface area contributed by atoms with Crippen LogP contribution in [-0.2, 0) is 0 Å². The van der Waals surface area contributed by atoms with Gasteiger partial charge in [-0.2, -0.15) is 0 Å². The van der Waals surface area contributed by atoms with Crippen molar-refractivity contribution in [1.29, 1.82) is 0 Å². The van der Waals surface area contributed by atoms with E-state index in [9.17, 15) is 9.59 Å². The first-order valence-corrected chi connectivity index (χ1v) is 9.89. The van der Waals surface area contributed by atoms with Gasteiger partial charge in [0.25, 0.3) is 5.91 Å². The summed E-state index contributed by atoms with van der Waals surface area (Å²) in [7, 11) is 0. The molecule has 0 unspecified atom stereocenters. The number of amides is 3. The lowest BCUT2D eigenvalue weighted by Crippen LogP contribution is -2.47. The second-order valence-electron chi connectivity index (χ2n) is 7.71. The molecule has 2 saturated heterocycles. The van der Waals surface area contributed by atoms with Crippen molar-refractivity contribution in [3.63, 3.8) is 0 Å². The fourth-order valence-corrected chi connectivity index (χ4v) is 3.81. The molecule has 0 aromatic heterocycles. The van der Waals surface area contributed by atoms with Crippen LogP contribution in [0.15, 0.2) is 24.3 Å². The molecular formula is C20H28N4O2. The number of hydrogen-bond acceptors (Lipinski definition) is 3.